The van der Waals surface area contributed by atoms with Crippen molar-refractivity contribution in [2.45, 2.75) is 71.3 Å². The third kappa shape index (κ3) is 4.01. The van der Waals surface area contributed by atoms with Crippen LogP contribution in [0.15, 0.2) is 11.8 Å². The Balaban J connectivity index is 1.76. The number of hydrogen-bond donors (Lipinski definition) is 1. The Morgan fingerprint density at radius 3 is 2.59 bits per heavy atom. The Hall–Kier alpha value is -1.09. The number of rotatable bonds is 5. The van der Waals surface area contributed by atoms with Crippen LogP contribution in [0, 0.1) is 5.92 Å². The quantitative estimate of drug-likeness (QED) is 0.782. The van der Waals surface area contributed by atoms with Crippen LogP contribution in [0.1, 0.15) is 70.9 Å². The maximum Gasteiger partial charge on any atom is 0.223 e. The van der Waals surface area contributed by atoms with E-state index in [0.717, 1.165) is 17.6 Å². The molecule has 0 unspecified atom stereocenters. The highest BCUT2D eigenvalue weighted by Crippen LogP contribution is 2.37. The van der Waals surface area contributed by atoms with Crippen LogP contribution in [0.3, 0.4) is 0 Å². The molecule has 2 fully saturated rings. The summed E-state index contributed by atoms with van der Waals surface area (Å²) >= 11 is 6.34. The molecule has 120 valence electrons. The van der Waals surface area contributed by atoms with Crippen LogP contribution in [-0.4, -0.2) is 16.0 Å². The van der Waals surface area contributed by atoms with Crippen molar-refractivity contribution in [1.82, 2.24) is 9.97 Å². The number of hydrogen-bond acceptors (Lipinski definition) is 3. The fraction of sp³-hybridized carbons (Fsp3) is 0.667. The van der Waals surface area contributed by atoms with Crippen molar-refractivity contribution >= 4 is 23.1 Å². The first-order chi connectivity index (χ1) is 10.6. The summed E-state index contributed by atoms with van der Waals surface area (Å²) in [4.78, 5) is 9.07. The summed E-state index contributed by atoms with van der Waals surface area (Å²) in [6, 6.07) is 0.514. The van der Waals surface area contributed by atoms with Crippen LogP contribution in [0.25, 0.3) is 5.57 Å². The molecular formula is C18H26ClN3. The molecule has 3 nitrogen and oxygen atoms in total. The molecule has 2 saturated carbocycles. The van der Waals surface area contributed by atoms with Gasteiger partial charge in [0, 0.05) is 6.04 Å². The number of allylic oxidation sites excluding steroid dienone is 2. The zero-order valence-electron chi connectivity index (χ0n) is 13.7. The van der Waals surface area contributed by atoms with E-state index in [1.165, 1.54) is 62.5 Å². The standard InChI is InChI=1S/C18H26ClN3/c1-12(10-14-8-9-14)13(2)17-16(19)11-20-18(22-17)21-15-6-4-3-5-7-15/h11,14-15H,3-10H2,1-2H3,(H,20,21,22)/b13-12-. The van der Waals surface area contributed by atoms with Crippen LogP contribution in [0.2, 0.25) is 5.02 Å². The first-order valence-corrected chi connectivity index (χ1v) is 8.97. The second-order valence-corrected chi connectivity index (χ2v) is 7.33. The van der Waals surface area contributed by atoms with E-state index in [0.29, 0.717) is 11.1 Å². The van der Waals surface area contributed by atoms with E-state index in [9.17, 15) is 0 Å². The second kappa shape index (κ2) is 6.99. The Kier molecular flexibility index (Phi) is 5.02. The monoisotopic (exact) mass is 319 g/mol. The van der Waals surface area contributed by atoms with E-state index in [4.69, 9.17) is 16.6 Å². The first-order valence-electron chi connectivity index (χ1n) is 8.59. The van der Waals surface area contributed by atoms with Crippen LogP contribution < -0.4 is 5.32 Å². The van der Waals surface area contributed by atoms with Crippen LogP contribution in [0.5, 0.6) is 0 Å². The molecule has 0 spiro atoms. The smallest absolute Gasteiger partial charge is 0.223 e. The van der Waals surface area contributed by atoms with Gasteiger partial charge >= 0.3 is 0 Å². The summed E-state index contributed by atoms with van der Waals surface area (Å²) in [5, 5.41) is 4.15. The second-order valence-electron chi connectivity index (χ2n) is 6.92. The van der Waals surface area contributed by atoms with Crippen molar-refractivity contribution in [3.8, 4) is 0 Å². The van der Waals surface area contributed by atoms with Crippen LogP contribution in [-0.2, 0) is 0 Å². The van der Waals surface area contributed by atoms with Gasteiger partial charge in [-0.25, -0.2) is 9.97 Å². The Morgan fingerprint density at radius 1 is 1.18 bits per heavy atom. The van der Waals surface area contributed by atoms with E-state index < -0.39 is 0 Å². The van der Waals surface area contributed by atoms with Gasteiger partial charge in [-0.15, -0.1) is 0 Å². The highest BCUT2D eigenvalue weighted by atomic mass is 35.5. The normalized spacial score (nSPS) is 20.7. The lowest BCUT2D eigenvalue weighted by molar-refractivity contribution is 0.461. The Labute approximate surface area is 138 Å². The highest BCUT2D eigenvalue weighted by molar-refractivity contribution is 6.32. The number of halogens is 1. The molecule has 0 radical (unpaired) electrons. The van der Waals surface area contributed by atoms with Gasteiger partial charge in [0.25, 0.3) is 0 Å². The summed E-state index contributed by atoms with van der Waals surface area (Å²) < 4.78 is 0. The zero-order valence-corrected chi connectivity index (χ0v) is 14.4. The van der Waals surface area contributed by atoms with Gasteiger partial charge in [-0.2, -0.15) is 0 Å². The van der Waals surface area contributed by atoms with Gasteiger partial charge in [0.1, 0.15) is 0 Å². The lowest BCUT2D eigenvalue weighted by Crippen LogP contribution is -2.23. The maximum atomic E-state index is 6.34. The van der Waals surface area contributed by atoms with Crippen molar-refractivity contribution in [1.29, 1.82) is 0 Å². The van der Waals surface area contributed by atoms with Crippen molar-refractivity contribution in [2.75, 3.05) is 5.32 Å². The van der Waals surface area contributed by atoms with Gasteiger partial charge < -0.3 is 5.32 Å². The zero-order chi connectivity index (χ0) is 15.5. The molecule has 0 saturated heterocycles. The lowest BCUT2D eigenvalue weighted by Gasteiger charge is -2.23. The van der Waals surface area contributed by atoms with Gasteiger partial charge in [0.05, 0.1) is 16.9 Å². The molecule has 2 aliphatic carbocycles. The molecule has 3 rings (SSSR count). The van der Waals surface area contributed by atoms with E-state index in [1.54, 1.807) is 6.20 Å². The predicted octanol–water partition coefficient (Wildman–Crippen LogP) is 5.47. The minimum absolute atomic E-state index is 0.514. The van der Waals surface area contributed by atoms with Crippen molar-refractivity contribution in [3.05, 3.63) is 22.5 Å². The van der Waals surface area contributed by atoms with Crippen molar-refractivity contribution in [2.24, 2.45) is 5.92 Å². The van der Waals surface area contributed by atoms with E-state index in [2.05, 4.69) is 24.1 Å². The summed E-state index contributed by atoms with van der Waals surface area (Å²) in [6.07, 6.45) is 12.1. The fourth-order valence-corrected chi connectivity index (χ4v) is 3.47. The number of nitrogens with one attached hydrogen (secondary N) is 1. The van der Waals surface area contributed by atoms with Gasteiger partial charge in [0.2, 0.25) is 5.95 Å². The van der Waals surface area contributed by atoms with Gasteiger partial charge in [0.15, 0.2) is 0 Å². The predicted molar refractivity (Wildman–Crippen MR) is 93.1 cm³/mol. The SMILES string of the molecule is C/C(CC1CC1)=C(\C)c1nc(NC2CCCCC2)ncc1Cl. The Morgan fingerprint density at radius 2 is 1.91 bits per heavy atom. The van der Waals surface area contributed by atoms with E-state index in [-0.39, 0.29) is 0 Å². The van der Waals surface area contributed by atoms with Crippen LogP contribution >= 0.6 is 11.6 Å². The van der Waals surface area contributed by atoms with Crippen molar-refractivity contribution in [3.63, 3.8) is 0 Å². The van der Waals surface area contributed by atoms with E-state index in [1.807, 2.05) is 0 Å². The minimum atomic E-state index is 0.514. The molecule has 0 aromatic carbocycles. The first kappa shape index (κ1) is 15.8. The summed E-state index contributed by atoms with van der Waals surface area (Å²) in [5.74, 6) is 1.61. The largest absolute Gasteiger partial charge is 0.351 e. The van der Waals surface area contributed by atoms with Crippen molar-refractivity contribution < 1.29 is 0 Å². The fourth-order valence-electron chi connectivity index (χ4n) is 3.24. The molecule has 4 heteroatoms. The molecule has 2 aliphatic rings. The summed E-state index contributed by atoms with van der Waals surface area (Å²) in [7, 11) is 0. The lowest BCUT2D eigenvalue weighted by atomic mass is 9.96. The van der Waals surface area contributed by atoms with Gasteiger partial charge in [-0.1, -0.05) is 36.4 Å². The number of nitrogens with zero attached hydrogens (tertiary/aromatic N) is 2. The summed E-state index contributed by atoms with van der Waals surface area (Å²) in [6.45, 7) is 4.34. The Bertz CT molecular complexity index is 557. The molecule has 22 heavy (non-hydrogen) atoms. The molecule has 1 N–H and O–H groups in total. The van der Waals surface area contributed by atoms with Gasteiger partial charge in [-0.3, -0.25) is 0 Å². The average Bonchev–Trinajstić information content (AvgIpc) is 3.33. The maximum absolute atomic E-state index is 6.34. The van der Waals surface area contributed by atoms with Crippen LogP contribution in [0.4, 0.5) is 5.95 Å². The number of aromatic nitrogens is 2. The molecular weight excluding hydrogens is 294 g/mol. The molecule has 1 aromatic heterocycles. The third-order valence-electron chi connectivity index (χ3n) is 4.97. The molecule has 0 aliphatic heterocycles. The summed E-state index contributed by atoms with van der Waals surface area (Å²) in [5.41, 5.74) is 3.52. The third-order valence-corrected chi connectivity index (χ3v) is 5.25. The topological polar surface area (TPSA) is 37.8 Å². The average molecular weight is 320 g/mol. The number of anilines is 1. The highest BCUT2D eigenvalue weighted by Gasteiger charge is 2.23. The molecule has 1 heterocycles. The molecule has 0 bridgehead atoms. The van der Waals surface area contributed by atoms with E-state index >= 15 is 0 Å². The molecule has 1 aromatic rings. The molecule has 0 amide bonds. The minimum Gasteiger partial charge on any atom is -0.351 e. The molecule has 0 atom stereocenters. The van der Waals surface area contributed by atoms with Gasteiger partial charge in [-0.05, 0) is 57.4 Å².